The highest BCUT2D eigenvalue weighted by molar-refractivity contribution is 5.94. The number of hydrogen-bond acceptors (Lipinski definition) is 2. The number of aliphatic hydroxyl groups is 1. The Kier molecular flexibility index (Phi) is 5.21. The molecule has 0 heterocycles. The van der Waals surface area contributed by atoms with E-state index in [-0.39, 0.29) is 18.3 Å². The molecule has 25 heavy (non-hydrogen) atoms. The monoisotopic (exact) mass is 335 g/mol. The summed E-state index contributed by atoms with van der Waals surface area (Å²) in [6, 6.07) is 22.7. The number of benzene rings is 3. The molecule has 3 aromatic carbocycles. The van der Waals surface area contributed by atoms with Gasteiger partial charge in [0.25, 0.3) is 5.91 Å². The highest BCUT2D eigenvalue weighted by Crippen LogP contribution is 2.19. The Labute approximate surface area is 145 Å². The van der Waals surface area contributed by atoms with Gasteiger partial charge in [-0.2, -0.15) is 0 Å². The summed E-state index contributed by atoms with van der Waals surface area (Å²) in [5, 5.41) is 12.8. The Balaban J connectivity index is 1.60. The Bertz CT molecular complexity index is 830. The molecule has 3 aromatic rings. The lowest BCUT2D eigenvalue weighted by Gasteiger charge is -2.12. The first kappa shape index (κ1) is 16.9. The molecule has 1 amide bonds. The maximum Gasteiger partial charge on any atom is 0.251 e. The van der Waals surface area contributed by atoms with Gasteiger partial charge in [-0.1, -0.05) is 54.6 Å². The van der Waals surface area contributed by atoms with Gasteiger partial charge in [-0.25, -0.2) is 4.39 Å². The standard InChI is InChI=1S/C21H18FNO2/c22-19-12-10-17(11-13-19)20(24)14-23-21(25)18-8-6-16(7-9-18)15-4-2-1-3-5-15/h1-13,20,24H,14H2,(H,23,25). The third-order valence-electron chi connectivity index (χ3n) is 3.96. The predicted molar refractivity (Wildman–Crippen MR) is 95.6 cm³/mol. The van der Waals surface area contributed by atoms with Gasteiger partial charge in [0.1, 0.15) is 5.82 Å². The van der Waals surface area contributed by atoms with E-state index in [1.165, 1.54) is 24.3 Å². The van der Waals surface area contributed by atoms with Gasteiger partial charge >= 0.3 is 0 Å². The highest BCUT2D eigenvalue weighted by atomic mass is 19.1. The lowest BCUT2D eigenvalue weighted by atomic mass is 10.0. The first-order chi connectivity index (χ1) is 12.1. The molecule has 0 saturated carbocycles. The zero-order valence-electron chi connectivity index (χ0n) is 13.5. The number of rotatable bonds is 5. The van der Waals surface area contributed by atoms with E-state index in [0.717, 1.165) is 11.1 Å². The molecule has 0 aliphatic carbocycles. The zero-order chi connectivity index (χ0) is 17.6. The van der Waals surface area contributed by atoms with Crippen LogP contribution in [0.2, 0.25) is 0 Å². The van der Waals surface area contributed by atoms with Gasteiger partial charge in [0.15, 0.2) is 0 Å². The summed E-state index contributed by atoms with van der Waals surface area (Å²) in [5.41, 5.74) is 3.19. The van der Waals surface area contributed by atoms with Gasteiger partial charge in [-0.15, -0.1) is 0 Å². The van der Waals surface area contributed by atoms with Crippen LogP contribution >= 0.6 is 0 Å². The lowest BCUT2D eigenvalue weighted by molar-refractivity contribution is 0.0916. The first-order valence-electron chi connectivity index (χ1n) is 8.01. The van der Waals surface area contributed by atoms with E-state index < -0.39 is 6.10 Å². The van der Waals surface area contributed by atoms with Crippen LogP contribution in [0.25, 0.3) is 11.1 Å². The topological polar surface area (TPSA) is 49.3 Å². The lowest BCUT2D eigenvalue weighted by Crippen LogP contribution is -2.28. The molecule has 0 aliphatic heterocycles. The Hall–Kier alpha value is -2.98. The van der Waals surface area contributed by atoms with E-state index in [2.05, 4.69) is 5.32 Å². The molecule has 0 aromatic heterocycles. The van der Waals surface area contributed by atoms with Crippen LogP contribution in [0.5, 0.6) is 0 Å². The van der Waals surface area contributed by atoms with Crippen molar-refractivity contribution < 1.29 is 14.3 Å². The van der Waals surface area contributed by atoms with E-state index in [1.807, 2.05) is 42.5 Å². The number of nitrogens with one attached hydrogen (secondary N) is 1. The second-order valence-electron chi connectivity index (χ2n) is 5.72. The van der Waals surface area contributed by atoms with Crippen molar-refractivity contribution in [2.75, 3.05) is 6.54 Å². The van der Waals surface area contributed by atoms with Gasteiger partial charge in [0.05, 0.1) is 6.10 Å². The molecule has 3 nitrogen and oxygen atoms in total. The summed E-state index contributed by atoms with van der Waals surface area (Å²) in [5.74, 6) is -0.626. The molecular formula is C21H18FNO2. The van der Waals surface area contributed by atoms with Crippen LogP contribution in [0.15, 0.2) is 78.9 Å². The van der Waals surface area contributed by atoms with Gasteiger partial charge in [-0.3, -0.25) is 4.79 Å². The molecule has 0 fully saturated rings. The molecule has 2 N–H and O–H groups in total. The quantitative estimate of drug-likeness (QED) is 0.741. The minimum Gasteiger partial charge on any atom is -0.387 e. The molecular weight excluding hydrogens is 317 g/mol. The molecule has 126 valence electrons. The van der Waals surface area contributed by atoms with Crippen LogP contribution in [0.1, 0.15) is 22.0 Å². The molecule has 0 spiro atoms. The van der Waals surface area contributed by atoms with E-state index in [1.54, 1.807) is 12.1 Å². The van der Waals surface area contributed by atoms with E-state index in [9.17, 15) is 14.3 Å². The van der Waals surface area contributed by atoms with Gasteiger partial charge in [0.2, 0.25) is 0 Å². The minimum absolute atomic E-state index is 0.0604. The van der Waals surface area contributed by atoms with Crippen molar-refractivity contribution in [2.45, 2.75) is 6.10 Å². The van der Waals surface area contributed by atoms with Crippen LogP contribution < -0.4 is 5.32 Å². The highest BCUT2D eigenvalue weighted by Gasteiger charge is 2.11. The van der Waals surface area contributed by atoms with Crippen LogP contribution in [0.3, 0.4) is 0 Å². The number of hydrogen-bond donors (Lipinski definition) is 2. The maximum atomic E-state index is 12.9. The van der Waals surface area contributed by atoms with Crippen molar-refractivity contribution in [3.05, 3.63) is 95.8 Å². The molecule has 0 bridgehead atoms. The fourth-order valence-corrected chi connectivity index (χ4v) is 2.54. The molecule has 0 saturated heterocycles. The largest absolute Gasteiger partial charge is 0.387 e. The second-order valence-corrected chi connectivity index (χ2v) is 5.72. The molecule has 0 aliphatic rings. The van der Waals surface area contributed by atoms with Crippen LogP contribution in [-0.2, 0) is 0 Å². The van der Waals surface area contributed by atoms with Crippen LogP contribution in [0, 0.1) is 5.82 Å². The number of amides is 1. The van der Waals surface area contributed by atoms with E-state index in [4.69, 9.17) is 0 Å². The van der Waals surface area contributed by atoms with Crippen molar-refractivity contribution in [3.8, 4) is 11.1 Å². The molecule has 1 unspecified atom stereocenters. The average Bonchev–Trinajstić information content (AvgIpc) is 2.67. The van der Waals surface area contributed by atoms with Gasteiger partial charge in [-0.05, 0) is 41.0 Å². The van der Waals surface area contributed by atoms with Crippen LogP contribution in [-0.4, -0.2) is 17.6 Å². The van der Waals surface area contributed by atoms with Crippen molar-refractivity contribution in [1.29, 1.82) is 0 Å². The number of carbonyl (C=O) groups excluding carboxylic acids is 1. The van der Waals surface area contributed by atoms with Crippen LogP contribution in [0.4, 0.5) is 4.39 Å². The van der Waals surface area contributed by atoms with Crippen molar-refractivity contribution in [3.63, 3.8) is 0 Å². The summed E-state index contributed by atoms with van der Waals surface area (Å²) in [6.07, 6.45) is -0.881. The number of aliphatic hydroxyl groups excluding tert-OH is 1. The third-order valence-corrected chi connectivity index (χ3v) is 3.96. The van der Waals surface area contributed by atoms with Gasteiger partial charge in [0, 0.05) is 12.1 Å². The fourth-order valence-electron chi connectivity index (χ4n) is 2.54. The SMILES string of the molecule is O=C(NCC(O)c1ccc(F)cc1)c1ccc(-c2ccccc2)cc1. The summed E-state index contributed by atoms with van der Waals surface area (Å²) in [4.78, 5) is 12.2. The number of halogens is 1. The summed E-state index contributed by atoms with van der Waals surface area (Å²) >= 11 is 0. The second kappa shape index (κ2) is 7.73. The summed E-state index contributed by atoms with van der Waals surface area (Å²) in [6.45, 7) is 0.0604. The average molecular weight is 335 g/mol. The van der Waals surface area contributed by atoms with Crippen molar-refractivity contribution >= 4 is 5.91 Å². The summed E-state index contributed by atoms with van der Waals surface area (Å²) < 4.78 is 12.9. The number of carbonyl (C=O) groups is 1. The molecule has 4 heteroatoms. The third kappa shape index (κ3) is 4.31. The zero-order valence-corrected chi connectivity index (χ0v) is 13.5. The van der Waals surface area contributed by atoms with Crippen molar-refractivity contribution in [1.82, 2.24) is 5.32 Å². The Morgan fingerprint density at radius 2 is 1.48 bits per heavy atom. The maximum absolute atomic E-state index is 12.9. The summed E-state index contributed by atoms with van der Waals surface area (Å²) in [7, 11) is 0. The van der Waals surface area contributed by atoms with E-state index in [0.29, 0.717) is 11.1 Å². The first-order valence-corrected chi connectivity index (χ1v) is 8.01. The van der Waals surface area contributed by atoms with E-state index >= 15 is 0 Å². The molecule has 3 rings (SSSR count). The Morgan fingerprint density at radius 1 is 0.880 bits per heavy atom. The Morgan fingerprint density at radius 3 is 2.12 bits per heavy atom. The fraction of sp³-hybridized carbons (Fsp3) is 0.0952. The molecule has 1 atom stereocenters. The predicted octanol–water partition coefficient (Wildman–Crippen LogP) is 3.96. The van der Waals surface area contributed by atoms with Crippen molar-refractivity contribution in [2.24, 2.45) is 0 Å². The smallest absolute Gasteiger partial charge is 0.251 e. The van der Waals surface area contributed by atoms with Gasteiger partial charge < -0.3 is 10.4 Å². The molecule has 0 radical (unpaired) electrons. The minimum atomic E-state index is -0.881. The normalized spacial score (nSPS) is 11.8.